The Bertz CT molecular complexity index is 451. The van der Waals surface area contributed by atoms with Gasteiger partial charge in [-0.15, -0.1) is 0 Å². The lowest BCUT2D eigenvalue weighted by Crippen LogP contribution is -2.41. The number of hydrogen-bond acceptors (Lipinski definition) is 4. The minimum atomic E-state index is -0.789. The molecule has 0 aliphatic carbocycles. The van der Waals surface area contributed by atoms with Gasteiger partial charge in [0.05, 0.1) is 13.2 Å². The third-order valence-corrected chi connectivity index (χ3v) is 2.37. The van der Waals surface area contributed by atoms with Crippen LogP contribution in [0, 0.1) is 11.3 Å². The average Bonchev–Trinajstić information content (AvgIpc) is 2.43. The van der Waals surface area contributed by atoms with Crippen LogP contribution in [0.5, 0.6) is 0 Å². The second-order valence-corrected chi connectivity index (χ2v) is 3.61. The lowest BCUT2D eigenvalue weighted by atomic mass is 10.1. The quantitative estimate of drug-likeness (QED) is 0.793. The van der Waals surface area contributed by atoms with Crippen LogP contribution in [0.3, 0.4) is 0 Å². The highest BCUT2D eigenvalue weighted by Crippen LogP contribution is 2.03. The maximum absolute atomic E-state index is 11.8. The highest BCUT2D eigenvalue weighted by atomic mass is 16.5. The molecule has 0 aliphatic rings. The van der Waals surface area contributed by atoms with Gasteiger partial charge in [0.15, 0.2) is 0 Å². The Morgan fingerprint density at radius 1 is 1.39 bits per heavy atom. The molecule has 0 heterocycles. The summed E-state index contributed by atoms with van der Waals surface area (Å²) in [7, 11) is 1.25. The molecule has 18 heavy (non-hydrogen) atoms. The minimum Gasteiger partial charge on any atom is -0.467 e. The van der Waals surface area contributed by atoms with Crippen molar-refractivity contribution in [3.05, 3.63) is 35.9 Å². The summed E-state index contributed by atoms with van der Waals surface area (Å²) in [6.45, 7) is 0. The molecule has 1 aromatic carbocycles. The van der Waals surface area contributed by atoms with Crippen LogP contribution in [0.4, 0.5) is 0 Å². The van der Waals surface area contributed by atoms with E-state index in [1.54, 1.807) is 30.3 Å². The first kappa shape index (κ1) is 13.7. The van der Waals surface area contributed by atoms with Gasteiger partial charge in [-0.05, 0) is 18.6 Å². The minimum absolute atomic E-state index is 0.175. The summed E-state index contributed by atoms with van der Waals surface area (Å²) in [6.07, 6.45) is 0.413. The first-order valence-electron chi connectivity index (χ1n) is 5.49. The molecule has 1 atom stereocenters. The van der Waals surface area contributed by atoms with E-state index in [0.717, 1.165) is 0 Å². The largest absolute Gasteiger partial charge is 0.467 e. The predicted molar refractivity (Wildman–Crippen MR) is 64.6 cm³/mol. The lowest BCUT2D eigenvalue weighted by molar-refractivity contribution is -0.143. The Kier molecular flexibility index (Phi) is 5.39. The number of nitrogens with zero attached hydrogens (tertiary/aromatic N) is 1. The molecule has 1 aromatic rings. The van der Waals surface area contributed by atoms with Crippen molar-refractivity contribution in [2.45, 2.75) is 18.9 Å². The summed E-state index contributed by atoms with van der Waals surface area (Å²) in [5.74, 6) is -0.904. The molecule has 0 unspecified atom stereocenters. The Morgan fingerprint density at radius 2 is 2.06 bits per heavy atom. The van der Waals surface area contributed by atoms with E-state index < -0.39 is 12.0 Å². The van der Waals surface area contributed by atoms with E-state index in [1.165, 1.54) is 7.11 Å². The number of nitriles is 1. The van der Waals surface area contributed by atoms with Gasteiger partial charge in [0.2, 0.25) is 0 Å². The molecular weight excluding hydrogens is 232 g/mol. The molecule has 0 saturated heterocycles. The van der Waals surface area contributed by atoms with E-state index in [4.69, 9.17) is 5.26 Å². The molecule has 0 radical (unpaired) electrons. The number of methoxy groups -OCH3 is 1. The van der Waals surface area contributed by atoms with Crippen LogP contribution in [0.2, 0.25) is 0 Å². The van der Waals surface area contributed by atoms with E-state index in [2.05, 4.69) is 10.1 Å². The molecular formula is C13H14N2O3. The number of carbonyl (C=O) groups excluding carboxylic acids is 2. The molecule has 0 bridgehead atoms. The highest BCUT2D eigenvalue weighted by Gasteiger charge is 2.21. The van der Waals surface area contributed by atoms with Gasteiger partial charge in [-0.3, -0.25) is 4.79 Å². The number of ether oxygens (including phenoxy) is 1. The van der Waals surface area contributed by atoms with E-state index in [1.807, 2.05) is 6.07 Å². The topological polar surface area (TPSA) is 79.2 Å². The summed E-state index contributed by atoms with van der Waals surface area (Å²) in [5.41, 5.74) is 0.461. The summed E-state index contributed by atoms with van der Waals surface area (Å²) in [5, 5.41) is 11.1. The van der Waals surface area contributed by atoms with Crippen LogP contribution in [0.15, 0.2) is 30.3 Å². The summed E-state index contributed by atoms with van der Waals surface area (Å²) in [4.78, 5) is 23.3. The first-order chi connectivity index (χ1) is 8.69. The molecule has 1 amide bonds. The van der Waals surface area contributed by atoms with E-state index in [0.29, 0.717) is 5.56 Å². The summed E-state index contributed by atoms with van der Waals surface area (Å²) in [6, 6.07) is 9.70. The molecule has 0 aliphatic heterocycles. The van der Waals surface area contributed by atoms with E-state index in [-0.39, 0.29) is 18.7 Å². The Hall–Kier alpha value is -2.35. The van der Waals surface area contributed by atoms with Crippen molar-refractivity contribution in [3.63, 3.8) is 0 Å². The molecule has 1 N–H and O–H groups in total. The van der Waals surface area contributed by atoms with Crippen molar-refractivity contribution in [3.8, 4) is 6.07 Å². The van der Waals surface area contributed by atoms with Crippen LogP contribution in [-0.2, 0) is 9.53 Å². The van der Waals surface area contributed by atoms with Crippen molar-refractivity contribution in [1.29, 1.82) is 5.26 Å². The zero-order valence-electron chi connectivity index (χ0n) is 10.1. The third kappa shape index (κ3) is 3.91. The van der Waals surface area contributed by atoms with Gasteiger partial charge in [-0.2, -0.15) is 5.26 Å². The van der Waals surface area contributed by atoms with Crippen molar-refractivity contribution in [2.75, 3.05) is 7.11 Å². The van der Waals surface area contributed by atoms with Crippen molar-refractivity contribution in [1.82, 2.24) is 5.32 Å². The van der Waals surface area contributed by atoms with Gasteiger partial charge in [0, 0.05) is 12.0 Å². The molecule has 0 saturated carbocycles. The highest BCUT2D eigenvalue weighted by molar-refractivity contribution is 5.96. The van der Waals surface area contributed by atoms with Gasteiger partial charge in [-0.25, -0.2) is 4.79 Å². The van der Waals surface area contributed by atoms with E-state index in [9.17, 15) is 9.59 Å². The molecule has 94 valence electrons. The Balaban J connectivity index is 2.69. The monoisotopic (exact) mass is 246 g/mol. The second kappa shape index (κ2) is 7.07. The molecule has 0 spiro atoms. The number of benzene rings is 1. The Labute approximate surface area is 105 Å². The number of esters is 1. The maximum Gasteiger partial charge on any atom is 0.328 e. The number of nitrogens with one attached hydrogen (secondary N) is 1. The first-order valence-corrected chi connectivity index (χ1v) is 5.49. The van der Waals surface area contributed by atoms with Crippen LogP contribution in [0.1, 0.15) is 23.2 Å². The summed E-state index contributed by atoms with van der Waals surface area (Å²) < 4.78 is 4.58. The van der Waals surface area contributed by atoms with Gasteiger partial charge < -0.3 is 10.1 Å². The zero-order valence-corrected chi connectivity index (χ0v) is 10.1. The second-order valence-electron chi connectivity index (χ2n) is 3.61. The van der Waals surface area contributed by atoms with Gasteiger partial charge in [0.1, 0.15) is 6.04 Å². The van der Waals surface area contributed by atoms with Crippen molar-refractivity contribution < 1.29 is 14.3 Å². The predicted octanol–water partition coefficient (Wildman–Crippen LogP) is 1.26. The maximum atomic E-state index is 11.8. The average molecular weight is 246 g/mol. The van der Waals surface area contributed by atoms with Crippen molar-refractivity contribution >= 4 is 11.9 Å². The fraction of sp³-hybridized carbons (Fsp3) is 0.308. The Morgan fingerprint density at radius 3 is 2.61 bits per heavy atom. The van der Waals surface area contributed by atoms with Crippen LogP contribution in [0.25, 0.3) is 0 Å². The van der Waals surface area contributed by atoms with Crippen LogP contribution < -0.4 is 5.32 Å². The van der Waals surface area contributed by atoms with Crippen LogP contribution in [-0.4, -0.2) is 25.0 Å². The molecule has 1 rings (SSSR count). The molecule has 5 heteroatoms. The fourth-order valence-corrected chi connectivity index (χ4v) is 1.43. The lowest BCUT2D eigenvalue weighted by Gasteiger charge is -2.15. The SMILES string of the molecule is COC(=O)[C@@H](CCC#N)NC(=O)c1ccccc1. The van der Waals surface area contributed by atoms with Crippen LogP contribution >= 0.6 is 0 Å². The van der Waals surface area contributed by atoms with Gasteiger partial charge >= 0.3 is 5.97 Å². The standard InChI is InChI=1S/C13H14N2O3/c1-18-13(17)11(8-5-9-14)15-12(16)10-6-3-2-4-7-10/h2-4,6-7,11H,5,8H2,1H3,(H,15,16)/t11-/m1/s1. The molecule has 0 aromatic heterocycles. The van der Waals surface area contributed by atoms with Gasteiger partial charge in [0.25, 0.3) is 5.91 Å². The number of carbonyl (C=O) groups is 2. The number of amides is 1. The van der Waals surface area contributed by atoms with E-state index >= 15 is 0 Å². The smallest absolute Gasteiger partial charge is 0.328 e. The molecule has 5 nitrogen and oxygen atoms in total. The number of rotatable bonds is 5. The summed E-state index contributed by atoms with van der Waals surface area (Å²) >= 11 is 0. The zero-order chi connectivity index (χ0) is 13.4. The van der Waals surface area contributed by atoms with Crippen molar-refractivity contribution in [2.24, 2.45) is 0 Å². The molecule has 0 fully saturated rings. The normalized spacial score (nSPS) is 11.1. The third-order valence-electron chi connectivity index (χ3n) is 2.37. The van der Waals surface area contributed by atoms with Gasteiger partial charge in [-0.1, -0.05) is 18.2 Å². The fourth-order valence-electron chi connectivity index (χ4n) is 1.43. The number of hydrogen-bond donors (Lipinski definition) is 1.